The van der Waals surface area contributed by atoms with E-state index >= 15 is 0 Å². The highest BCUT2D eigenvalue weighted by molar-refractivity contribution is 7.71. The molecule has 1 aliphatic rings. The molecule has 0 radical (unpaired) electrons. The second-order valence-electron chi connectivity index (χ2n) is 7.31. The molecule has 31 heavy (non-hydrogen) atoms. The average Bonchev–Trinajstić information content (AvgIpc) is 3.39. The Bertz CT molecular complexity index is 1220. The molecule has 1 aromatic heterocycles. The van der Waals surface area contributed by atoms with E-state index in [1.807, 2.05) is 0 Å². The SMILES string of the molecule is CC(C(=O)O)[N+]1(c2ccc(C=O)cc2)CC1C(=O)Nc1cccc(-n2[nH]nnc2=S)c1. The number of aliphatic carboxylic acids is 1. The summed E-state index contributed by atoms with van der Waals surface area (Å²) >= 11 is 5.10. The zero-order chi connectivity index (χ0) is 22.2. The van der Waals surface area contributed by atoms with Crippen LogP contribution >= 0.6 is 12.2 Å². The van der Waals surface area contributed by atoms with Gasteiger partial charge >= 0.3 is 5.97 Å². The van der Waals surface area contributed by atoms with E-state index in [4.69, 9.17) is 12.2 Å². The lowest BCUT2D eigenvalue weighted by molar-refractivity contribution is -0.140. The van der Waals surface area contributed by atoms with Crippen molar-refractivity contribution in [2.45, 2.75) is 19.0 Å². The van der Waals surface area contributed by atoms with E-state index in [-0.39, 0.29) is 15.2 Å². The summed E-state index contributed by atoms with van der Waals surface area (Å²) in [6.07, 6.45) is 0.718. The monoisotopic (exact) mass is 439 g/mol. The number of hydrogen-bond acceptors (Lipinski definition) is 6. The molecule has 11 heteroatoms. The molecule has 4 rings (SSSR count). The van der Waals surface area contributed by atoms with Gasteiger partial charge in [0, 0.05) is 11.3 Å². The first kappa shape index (κ1) is 20.6. The van der Waals surface area contributed by atoms with E-state index in [0.29, 0.717) is 29.2 Å². The third-order valence-corrected chi connectivity index (χ3v) is 5.87. The summed E-state index contributed by atoms with van der Waals surface area (Å²) in [6.45, 7) is 1.92. The third kappa shape index (κ3) is 3.64. The van der Waals surface area contributed by atoms with Crippen LogP contribution in [-0.2, 0) is 9.59 Å². The molecule has 0 bridgehead atoms. The molecule has 10 nitrogen and oxygen atoms in total. The van der Waals surface area contributed by atoms with Gasteiger partial charge in [0.05, 0.1) is 5.69 Å². The molecule has 158 valence electrons. The Hall–Kier alpha value is -3.70. The fraction of sp³-hybridized carbons (Fsp3) is 0.200. The van der Waals surface area contributed by atoms with Gasteiger partial charge in [0.1, 0.15) is 18.5 Å². The Balaban J connectivity index is 1.59. The van der Waals surface area contributed by atoms with Gasteiger partial charge < -0.3 is 10.4 Å². The lowest BCUT2D eigenvalue weighted by Crippen LogP contribution is -2.46. The predicted molar refractivity (Wildman–Crippen MR) is 115 cm³/mol. The van der Waals surface area contributed by atoms with Gasteiger partial charge in [-0.1, -0.05) is 16.4 Å². The largest absolute Gasteiger partial charge is 0.477 e. The van der Waals surface area contributed by atoms with Crippen molar-refractivity contribution in [1.82, 2.24) is 24.7 Å². The number of benzene rings is 2. The minimum absolute atomic E-state index is 0.0183. The number of aromatic nitrogens is 4. The standard InChI is InChI=1S/C20H18N6O4S/c1-12(19(29)30)26(16-7-5-13(11-27)6-8-16)10-17(26)18(28)21-14-3-2-4-15(9-14)25-20(31)22-23-24-25/h2-9,11-12,17H,10H2,1H3,(H2-,21,22,24,28,29,30,31)/p+1. The van der Waals surface area contributed by atoms with Crippen molar-refractivity contribution in [1.29, 1.82) is 0 Å². The number of rotatable bonds is 7. The highest BCUT2D eigenvalue weighted by atomic mass is 32.1. The number of tetrazole rings is 1. The Morgan fingerprint density at radius 1 is 1.32 bits per heavy atom. The molecule has 3 unspecified atom stereocenters. The van der Waals surface area contributed by atoms with Crippen LogP contribution in [0.4, 0.5) is 11.4 Å². The van der Waals surface area contributed by atoms with Gasteiger partial charge in [-0.25, -0.2) is 9.48 Å². The zero-order valence-corrected chi connectivity index (χ0v) is 17.2. The van der Waals surface area contributed by atoms with Crippen molar-refractivity contribution in [2.75, 3.05) is 11.9 Å². The number of aromatic amines is 1. The van der Waals surface area contributed by atoms with E-state index in [1.54, 1.807) is 55.5 Å². The van der Waals surface area contributed by atoms with Gasteiger partial charge in [-0.15, -0.1) is 0 Å². The van der Waals surface area contributed by atoms with Crippen LogP contribution in [0, 0.1) is 4.77 Å². The number of carbonyl (C=O) groups is 3. The van der Waals surface area contributed by atoms with E-state index in [2.05, 4.69) is 20.8 Å². The summed E-state index contributed by atoms with van der Waals surface area (Å²) in [5, 5.41) is 22.5. The minimum atomic E-state index is -1.00. The van der Waals surface area contributed by atoms with Gasteiger partial charge in [-0.05, 0) is 61.6 Å². The van der Waals surface area contributed by atoms with Gasteiger partial charge in [0.2, 0.25) is 10.8 Å². The highest BCUT2D eigenvalue weighted by Gasteiger charge is 2.66. The van der Waals surface area contributed by atoms with Gasteiger partial charge in [-0.2, -0.15) is 5.21 Å². The normalized spacial score (nSPS) is 20.6. The molecule has 2 aromatic carbocycles. The average molecular weight is 439 g/mol. The molecule has 0 spiro atoms. The molecule has 3 N–H and O–H groups in total. The van der Waals surface area contributed by atoms with Crippen molar-refractivity contribution in [3.8, 4) is 5.69 Å². The van der Waals surface area contributed by atoms with Crippen molar-refractivity contribution in [3.63, 3.8) is 0 Å². The van der Waals surface area contributed by atoms with Gasteiger partial charge in [-0.3, -0.25) is 14.1 Å². The minimum Gasteiger partial charge on any atom is -0.477 e. The molecule has 3 aromatic rings. The van der Waals surface area contributed by atoms with Crippen LogP contribution in [-0.4, -0.2) is 62.1 Å². The van der Waals surface area contributed by atoms with E-state index in [9.17, 15) is 19.5 Å². The van der Waals surface area contributed by atoms with Crippen LogP contribution < -0.4 is 9.80 Å². The molecule has 2 heterocycles. The number of anilines is 1. The number of hydrogen-bond donors (Lipinski definition) is 3. The number of nitrogens with one attached hydrogen (secondary N) is 2. The van der Waals surface area contributed by atoms with Crippen molar-refractivity contribution in [2.24, 2.45) is 0 Å². The zero-order valence-electron chi connectivity index (χ0n) is 16.4. The number of H-pyrrole nitrogens is 1. The Labute approximate surface area is 181 Å². The Kier molecular flexibility index (Phi) is 5.21. The summed E-state index contributed by atoms with van der Waals surface area (Å²) in [6, 6.07) is 12.2. The molecule has 1 aliphatic heterocycles. The van der Waals surface area contributed by atoms with Crippen LogP contribution in [0.25, 0.3) is 5.69 Å². The Morgan fingerprint density at radius 2 is 2.06 bits per heavy atom. The number of amides is 1. The quantitative estimate of drug-likeness (QED) is 0.222. The highest BCUT2D eigenvalue weighted by Crippen LogP contribution is 2.42. The molecular weight excluding hydrogens is 420 g/mol. The molecule has 1 fully saturated rings. The summed E-state index contributed by atoms with van der Waals surface area (Å²) in [7, 11) is 0. The summed E-state index contributed by atoms with van der Waals surface area (Å²) < 4.78 is 1.72. The molecule has 0 saturated carbocycles. The first-order chi connectivity index (χ1) is 14.9. The molecule has 3 atom stereocenters. The maximum Gasteiger partial charge on any atom is 0.362 e. The van der Waals surface area contributed by atoms with Crippen LogP contribution in [0.5, 0.6) is 0 Å². The van der Waals surface area contributed by atoms with Gasteiger partial charge in [0.25, 0.3) is 5.91 Å². The fourth-order valence-electron chi connectivity index (χ4n) is 3.81. The summed E-state index contributed by atoms with van der Waals surface area (Å²) in [5.74, 6) is -1.30. The van der Waals surface area contributed by atoms with Crippen molar-refractivity contribution < 1.29 is 19.5 Å². The number of carboxylic acid groups (broad SMARTS) is 1. The number of carboxylic acids is 1. The maximum absolute atomic E-state index is 13.0. The summed E-state index contributed by atoms with van der Waals surface area (Å²) in [4.78, 5) is 35.8. The summed E-state index contributed by atoms with van der Waals surface area (Å²) in [5.41, 5.74) is 2.33. The van der Waals surface area contributed by atoms with E-state index in [1.165, 1.54) is 4.68 Å². The lowest BCUT2D eigenvalue weighted by atomic mass is 10.1. The Morgan fingerprint density at radius 3 is 2.68 bits per heavy atom. The smallest absolute Gasteiger partial charge is 0.362 e. The number of quaternary nitrogens is 1. The molecule has 0 aliphatic carbocycles. The van der Waals surface area contributed by atoms with Crippen molar-refractivity contribution >= 4 is 41.8 Å². The third-order valence-electron chi connectivity index (χ3n) is 5.60. The predicted octanol–water partition coefficient (Wildman–Crippen LogP) is 1.94. The van der Waals surface area contributed by atoms with Crippen LogP contribution in [0.2, 0.25) is 0 Å². The van der Waals surface area contributed by atoms with E-state index in [0.717, 1.165) is 6.29 Å². The van der Waals surface area contributed by atoms with Crippen LogP contribution in [0.1, 0.15) is 17.3 Å². The van der Waals surface area contributed by atoms with Crippen LogP contribution in [0.15, 0.2) is 48.5 Å². The number of aldehydes is 1. The second kappa shape index (κ2) is 7.85. The first-order valence-corrected chi connectivity index (χ1v) is 9.85. The van der Waals surface area contributed by atoms with Crippen molar-refractivity contribution in [3.05, 3.63) is 58.9 Å². The molecule has 1 amide bonds. The lowest BCUT2D eigenvalue weighted by Gasteiger charge is -2.24. The topological polar surface area (TPSA) is 130 Å². The fourth-order valence-corrected chi connectivity index (χ4v) is 4.00. The number of carbonyl (C=O) groups excluding carboxylic acids is 2. The molecular formula is C20H19N6O4S+. The van der Waals surface area contributed by atoms with Gasteiger partial charge in [0.15, 0.2) is 6.04 Å². The maximum atomic E-state index is 13.0. The number of nitrogens with zero attached hydrogens (tertiary/aromatic N) is 4. The van der Waals surface area contributed by atoms with Crippen LogP contribution in [0.3, 0.4) is 0 Å². The van der Waals surface area contributed by atoms with E-state index < -0.39 is 18.1 Å². The molecule has 1 saturated heterocycles. The second-order valence-corrected chi connectivity index (χ2v) is 7.68. The first-order valence-electron chi connectivity index (χ1n) is 9.44.